The first-order chi connectivity index (χ1) is 17.8. The van der Waals surface area contributed by atoms with E-state index in [4.69, 9.17) is 0 Å². The van der Waals surface area contributed by atoms with Gasteiger partial charge in [-0.1, -0.05) is 55.4 Å². The Morgan fingerprint density at radius 2 is 1.79 bits per heavy atom. The second-order valence-corrected chi connectivity index (χ2v) is 12.3. The predicted octanol–water partition coefficient (Wildman–Crippen LogP) is 2.11. The number of carbonyl (C=O) groups is 4. The first-order valence-electron chi connectivity index (χ1n) is 13.7. The zero-order chi connectivity index (χ0) is 28.4. The lowest BCUT2D eigenvalue weighted by atomic mass is 9.84. The summed E-state index contributed by atoms with van der Waals surface area (Å²) in [7, 11) is 0. The molecule has 210 valence electrons. The summed E-state index contributed by atoms with van der Waals surface area (Å²) in [4.78, 5) is 65.5. The lowest BCUT2D eigenvalue weighted by Crippen LogP contribution is -2.61. The van der Waals surface area contributed by atoms with Crippen LogP contribution in [0.2, 0.25) is 0 Å². The van der Waals surface area contributed by atoms with E-state index in [0.29, 0.717) is 19.6 Å². The number of carbonyl (C=O) groups excluding carboxylic acids is 4. The van der Waals surface area contributed by atoms with Crippen molar-refractivity contribution in [2.24, 2.45) is 29.1 Å². The van der Waals surface area contributed by atoms with Crippen molar-refractivity contribution in [3.63, 3.8) is 0 Å². The van der Waals surface area contributed by atoms with Gasteiger partial charge in [0.2, 0.25) is 17.7 Å². The quantitative estimate of drug-likeness (QED) is 0.533. The summed E-state index contributed by atoms with van der Waals surface area (Å²) in [6, 6.07) is -2.30. The van der Waals surface area contributed by atoms with Gasteiger partial charge in [0.1, 0.15) is 23.8 Å². The Hall–Kier alpha value is -3.04. The minimum Gasteiger partial charge on any atom is -0.342 e. The maximum absolute atomic E-state index is 14.1. The maximum Gasteiger partial charge on any atom is 0.272 e. The molecule has 1 aromatic rings. The molecule has 0 spiro atoms. The number of nitrogens with zero attached hydrogens (tertiary/aromatic N) is 4. The number of nitrogens with one attached hydrogen (secondary N) is 2. The Balaban J connectivity index is 1.84. The molecule has 3 rings (SSSR count). The molecule has 38 heavy (non-hydrogen) atoms. The van der Waals surface area contributed by atoms with Crippen LogP contribution in [0, 0.1) is 29.1 Å². The average molecular weight is 529 g/mol. The van der Waals surface area contributed by atoms with Crippen molar-refractivity contribution in [1.82, 2.24) is 30.4 Å². The zero-order valence-electron chi connectivity index (χ0n) is 24.0. The lowest BCUT2D eigenvalue weighted by Gasteiger charge is -2.39. The summed E-state index contributed by atoms with van der Waals surface area (Å²) < 4.78 is 0. The number of likely N-dealkylation sites (tertiary alicyclic amines) is 2. The van der Waals surface area contributed by atoms with Gasteiger partial charge >= 0.3 is 0 Å². The highest BCUT2D eigenvalue weighted by atomic mass is 16.2. The van der Waals surface area contributed by atoms with Crippen LogP contribution in [0.25, 0.3) is 0 Å². The predicted molar refractivity (Wildman–Crippen MR) is 144 cm³/mol. The van der Waals surface area contributed by atoms with E-state index in [0.717, 1.165) is 6.42 Å². The second-order valence-electron chi connectivity index (χ2n) is 12.3. The monoisotopic (exact) mass is 528 g/mol. The SMILES string of the molecule is CCCN1C[C@H](C)[C@H]2CN(C(=O)[C@@H](NC(=O)[C@H](NC(=O)c3cnccn3)C(C)C)C(C)(C)C)[C@H](C1=O)[C@H]2C. The molecule has 6 atom stereocenters. The van der Waals surface area contributed by atoms with Gasteiger partial charge in [-0.2, -0.15) is 0 Å². The van der Waals surface area contributed by atoms with E-state index in [9.17, 15) is 19.2 Å². The minimum atomic E-state index is -0.885. The molecule has 2 fully saturated rings. The van der Waals surface area contributed by atoms with Crippen LogP contribution in [-0.2, 0) is 14.4 Å². The summed E-state index contributed by atoms with van der Waals surface area (Å²) in [5, 5.41) is 5.68. The van der Waals surface area contributed by atoms with Crippen LogP contribution in [0.1, 0.15) is 72.3 Å². The third kappa shape index (κ3) is 6.15. The van der Waals surface area contributed by atoms with Crippen molar-refractivity contribution in [3.8, 4) is 0 Å². The van der Waals surface area contributed by atoms with Gasteiger partial charge in [-0.15, -0.1) is 0 Å². The van der Waals surface area contributed by atoms with Crippen molar-refractivity contribution in [2.45, 2.75) is 79.9 Å². The molecular formula is C28H44N6O4. The molecular weight excluding hydrogens is 484 g/mol. The molecule has 0 saturated carbocycles. The van der Waals surface area contributed by atoms with Crippen LogP contribution in [-0.4, -0.2) is 81.2 Å². The molecule has 1 aromatic heterocycles. The van der Waals surface area contributed by atoms with Crippen molar-refractivity contribution in [2.75, 3.05) is 19.6 Å². The van der Waals surface area contributed by atoms with Crippen molar-refractivity contribution < 1.29 is 19.2 Å². The summed E-state index contributed by atoms with van der Waals surface area (Å²) in [5.41, 5.74) is -0.523. The molecule has 10 nitrogen and oxygen atoms in total. The topological polar surface area (TPSA) is 125 Å². The number of aromatic nitrogens is 2. The molecule has 0 aliphatic carbocycles. The Kier molecular flexibility index (Phi) is 9.15. The third-order valence-electron chi connectivity index (χ3n) is 7.93. The van der Waals surface area contributed by atoms with Gasteiger partial charge < -0.3 is 20.4 Å². The first kappa shape index (κ1) is 29.5. The Labute approximate surface area is 226 Å². The van der Waals surface area contributed by atoms with E-state index in [1.54, 1.807) is 4.90 Å². The molecule has 0 radical (unpaired) electrons. The van der Waals surface area contributed by atoms with Gasteiger partial charge in [0.15, 0.2) is 0 Å². The number of amides is 4. The molecule has 2 aliphatic rings. The summed E-state index contributed by atoms with van der Waals surface area (Å²) in [6.07, 6.45) is 5.07. The first-order valence-corrected chi connectivity index (χ1v) is 13.7. The highest BCUT2D eigenvalue weighted by molar-refractivity contribution is 5.98. The molecule has 2 aliphatic heterocycles. The van der Waals surface area contributed by atoms with E-state index in [1.807, 2.05) is 46.4 Å². The highest BCUT2D eigenvalue weighted by Gasteiger charge is 2.53. The Bertz CT molecular complexity index is 1020. The number of fused-ring (bicyclic) bond motifs is 2. The largest absolute Gasteiger partial charge is 0.342 e. The number of rotatable bonds is 8. The average Bonchev–Trinajstić information content (AvgIpc) is 3.17. The normalized spacial score (nSPS) is 25.1. The molecule has 2 N–H and O–H groups in total. The van der Waals surface area contributed by atoms with Gasteiger partial charge in [0.25, 0.3) is 5.91 Å². The van der Waals surface area contributed by atoms with Crippen LogP contribution in [0.3, 0.4) is 0 Å². The van der Waals surface area contributed by atoms with Crippen LogP contribution in [0.5, 0.6) is 0 Å². The molecule has 2 saturated heterocycles. The van der Waals surface area contributed by atoms with Crippen molar-refractivity contribution in [1.29, 1.82) is 0 Å². The highest BCUT2D eigenvalue weighted by Crippen LogP contribution is 2.40. The van der Waals surface area contributed by atoms with Crippen LogP contribution < -0.4 is 10.6 Å². The molecule has 10 heteroatoms. The third-order valence-corrected chi connectivity index (χ3v) is 7.93. The molecule has 0 unspecified atom stereocenters. The van der Waals surface area contributed by atoms with E-state index in [-0.39, 0.29) is 41.2 Å². The fourth-order valence-corrected chi connectivity index (χ4v) is 5.75. The molecule has 4 amide bonds. The van der Waals surface area contributed by atoms with E-state index < -0.39 is 35.4 Å². The molecule has 3 heterocycles. The maximum atomic E-state index is 14.1. The number of hydrogen-bond acceptors (Lipinski definition) is 6. The number of hydrogen-bond donors (Lipinski definition) is 2. The summed E-state index contributed by atoms with van der Waals surface area (Å²) in [5.74, 6) is -0.958. The van der Waals surface area contributed by atoms with E-state index in [2.05, 4.69) is 34.4 Å². The van der Waals surface area contributed by atoms with Crippen LogP contribution in [0.4, 0.5) is 0 Å². The minimum absolute atomic E-state index is 0.00479. The van der Waals surface area contributed by atoms with Gasteiger partial charge in [0, 0.05) is 32.0 Å². The molecule has 0 aromatic carbocycles. The van der Waals surface area contributed by atoms with Crippen molar-refractivity contribution in [3.05, 3.63) is 24.3 Å². The van der Waals surface area contributed by atoms with Gasteiger partial charge in [-0.25, -0.2) is 4.98 Å². The summed E-state index contributed by atoms with van der Waals surface area (Å²) >= 11 is 0. The fourth-order valence-electron chi connectivity index (χ4n) is 5.75. The molecule has 2 bridgehead atoms. The Morgan fingerprint density at radius 1 is 1.11 bits per heavy atom. The van der Waals surface area contributed by atoms with E-state index >= 15 is 0 Å². The van der Waals surface area contributed by atoms with Crippen LogP contribution in [0.15, 0.2) is 18.6 Å². The van der Waals surface area contributed by atoms with Crippen molar-refractivity contribution >= 4 is 23.6 Å². The lowest BCUT2D eigenvalue weighted by molar-refractivity contribution is -0.149. The van der Waals surface area contributed by atoms with Crippen LogP contribution >= 0.6 is 0 Å². The smallest absolute Gasteiger partial charge is 0.272 e. The van der Waals surface area contributed by atoms with E-state index in [1.165, 1.54) is 18.6 Å². The van der Waals surface area contributed by atoms with Gasteiger partial charge in [-0.05, 0) is 35.5 Å². The van der Waals surface area contributed by atoms with Gasteiger partial charge in [0.05, 0.1) is 6.20 Å². The fraction of sp³-hybridized carbons (Fsp3) is 0.714. The second kappa shape index (κ2) is 11.8. The summed E-state index contributed by atoms with van der Waals surface area (Å²) in [6.45, 7) is 17.5. The standard InChI is InChI=1S/C28H44N6O4/c1-9-12-33-14-17(4)19-15-34(22(18(19)5)26(33)37)27(38)23(28(6,7)8)32-25(36)21(16(2)3)31-24(35)20-13-29-10-11-30-20/h10-11,13,16-19,21-23H,9,12,14-15H2,1-8H3,(H,31,35)(H,32,36)/t17-,18-,19+,21+,22-,23+/m0/s1. The van der Waals surface area contributed by atoms with Gasteiger partial charge in [-0.3, -0.25) is 24.2 Å². The Morgan fingerprint density at radius 3 is 2.34 bits per heavy atom. The zero-order valence-corrected chi connectivity index (χ0v) is 24.0.